The van der Waals surface area contributed by atoms with Crippen molar-refractivity contribution in [1.29, 1.82) is 0 Å². The Balaban J connectivity index is 2.55. The molecule has 0 amide bonds. The monoisotopic (exact) mass is 350 g/mol. The van der Waals surface area contributed by atoms with Gasteiger partial charge in [-0.3, -0.25) is 0 Å². The Kier molecular flexibility index (Phi) is 6.08. The van der Waals surface area contributed by atoms with Gasteiger partial charge in [-0.05, 0) is 48.4 Å². The standard InChI is InChI=1S/C18H16Cl2O3/c1-3-23-18(21)11-15(12-4-7-14(22-2)8-5-12)16-10-13(19)6-9-17(16)20/h4-11H,3H2,1-2H3/b15-11-. The summed E-state index contributed by atoms with van der Waals surface area (Å²) < 4.78 is 10.2. The Morgan fingerprint density at radius 3 is 2.43 bits per heavy atom. The van der Waals surface area contributed by atoms with Crippen LogP contribution in [0.25, 0.3) is 5.57 Å². The molecule has 0 saturated carbocycles. The normalized spacial score (nSPS) is 11.2. The van der Waals surface area contributed by atoms with Crippen LogP contribution in [-0.4, -0.2) is 19.7 Å². The summed E-state index contributed by atoms with van der Waals surface area (Å²) in [7, 11) is 1.60. The van der Waals surface area contributed by atoms with E-state index >= 15 is 0 Å². The van der Waals surface area contributed by atoms with Crippen molar-refractivity contribution in [3.05, 3.63) is 69.7 Å². The molecule has 2 rings (SSSR count). The Morgan fingerprint density at radius 2 is 1.83 bits per heavy atom. The topological polar surface area (TPSA) is 35.5 Å². The number of esters is 1. The lowest BCUT2D eigenvalue weighted by Crippen LogP contribution is -2.02. The van der Waals surface area contributed by atoms with Crippen LogP contribution in [0.5, 0.6) is 5.75 Å². The Hall–Kier alpha value is -1.97. The lowest BCUT2D eigenvalue weighted by atomic mass is 9.97. The summed E-state index contributed by atoms with van der Waals surface area (Å²) in [6.07, 6.45) is 1.42. The van der Waals surface area contributed by atoms with E-state index in [2.05, 4.69) is 0 Å². The lowest BCUT2D eigenvalue weighted by molar-refractivity contribution is -0.137. The molecule has 3 nitrogen and oxygen atoms in total. The first-order valence-corrected chi connectivity index (χ1v) is 7.79. The maximum atomic E-state index is 11.9. The second-order valence-corrected chi connectivity index (χ2v) is 5.51. The zero-order chi connectivity index (χ0) is 16.8. The molecule has 0 radical (unpaired) electrons. The van der Waals surface area contributed by atoms with E-state index in [9.17, 15) is 4.79 Å². The molecule has 0 fully saturated rings. The summed E-state index contributed by atoms with van der Waals surface area (Å²) in [5, 5.41) is 1.04. The number of rotatable bonds is 5. The van der Waals surface area contributed by atoms with Crippen LogP contribution in [0.1, 0.15) is 18.1 Å². The second-order valence-electron chi connectivity index (χ2n) is 4.66. The quantitative estimate of drug-likeness (QED) is 0.562. The van der Waals surface area contributed by atoms with E-state index in [1.54, 1.807) is 32.2 Å². The SMILES string of the molecule is CCOC(=O)/C=C(/c1ccc(OC)cc1)c1cc(Cl)ccc1Cl. The molecule has 23 heavy (non-hydrogen) atoms. The number of carbonyl (C=O) groups is 1. The molecule has 5 heteroatoms. The second kappa shape index (κ2) is 8.04. The molecule has 0 aliphatic heterocycles. The average Bonchev–Trinajstić information content (AvgIpc) is 2.55. The third-order valence-electron chi connectivity index (χ3n) is 3.17. The smallest absolute Gasteiger partial charge is 0.331 e. The van der Waals surface area contributed by atoms with Crippen molar-refractivity contribution in [2.24, 2.45) is 0 Å². The molecule has 0 N–H and O–H groups in total. The van der Waals surface area contributed by atoms with Gasteiger partial charge in [-0.15, -0.1) is 0 Å². The number of benzene rings is 2. The number of methoxy groups -OCH3 is 1. The van der Waals surface area contributed by atoms with E-state index in [1.807, 2.05) is 24.3 Å². The number of carbonyl (C=O) groups excluding carboxylic acids is 1. The van der Waals surface area contributed by atoms with Gasteiger partial charge in [0.15, 0.2) is 0 Å². The minimum absolute atomic E-state index is 0.300. The Labute approximate surface area is 145 Å². The van der Waals surface area contributed by atoms with Gasteiger partial charge in [0.25, 0.3) is 0 Å². The average molecular weight is 351 g/mol. The first-order valence-electron chi connectivity index (χ1n) is 7.03. The van der Waals surface area contributed by atoms with Crippen molar-refractivity contribution in [3.8, 4) is 5.75 Å². The minimum Gasteiger partial charge on any atom is -0.497 e. The fourth-order valence-corrected chi connectivity index (χ4v) is 2.48. The summed E-state index contributed by atoms with van der Waals surface area (Å²) in [6.45, 7) is 2.06. The Morgan fingerprint density at radius 1 is 1.13 bits per heavy atom. The van der Waals surface area contributed by atoms with Crippen LogP contribution in [0.3, 0.4) is 0 Å². The summed E-state index contributed by atoms with van der Waals surface area (Å²) in [5.41, 5.74) is 2.11. The predicted molar refractivity (Wildman–Crippen MR) is 93.2 cm³/mol. The van der Waals surface area contributed by atoms with Gasteiger partial charge < -0.3 is 9.47 Å². The molecular formula is C18H16Cl2O3. The van der Waals surface area contributed by atoms with Crippen LogP contribution in [0, 0.1) is 0 Å². The molecule has 0 spiro atoms. The van der Waals surface area contributed by atoms with Gasteiger partial charge in [-0.1, -0.05) is 35.3 Å². The maximum Gasteiger partial charge on any atom is 0.331 e. The van der Waals surface area contributed by atoms with E-state index < -0.39 is 5.97 Å². The van der Waals surface area contributed by atoms with Crippen LogP contribution in [0.2, 0.25) is 10.0 Å². The van der Waals surface area contributed by atoms with Gasteiger partial charge in [-0.2, -0.15) is 0 Å². The van der Waals surface area contributed by atoms with Crippen molar-refractivity contribution >= 4 is 34.7 Å². The van der Waals surface area contributed by atoms with Crippen LogP contribution in [0.4, 0.5) is 0 Å². The number of halogens is 2. The third-order valence-corrected chi connectivity index (χ3v) is 3.73. The van der Waals surface area contributed by atoms with Gasteiger partial charge in [0, 0.05) is 21.7 Å². The van der Waals surface area contributed by atoms with Crippen molar-refractivity contribution in [2.75, 3.05) is 13.7 Å². The van der Waals surface area contributed by atoms with Crippen molar-refractivity contribution < 1.29 is 14.3 Å². The first-order chi connectivity index (χ1) is 11.0. The number of hydrogen-bond donors (Lipinski definition) is 0. The van der Waals surface area contributed by atoms with E-state index in [1.165, 1.54) is 6.08 Å². The number of ether oxygens (including phenoxy) is 2. The molecule has 120 valence electrons. The van der Waals surface area contributed by atoms with E-state index in [0.717, 1.165) is 11.3 Å². The van der Waals surface area contributed by atoms with Crippen molar-refractivity contribution in [1.82, 2.24) is 0 Å². The van der Waals surface area contributed by atoms with E-state index in [-0.39, 0.29) is 0 Å². The molecule has 0 aliphatic rings. The first kappa shape index (κ1) is 17.4. The highest BCUT2D eigenvalue weighted by Gasteiger charge is 2.13. The maximum absolute atomic E-state index is 11.9. The van der Waals surface area contributed by atoms with Gasteiger partial charge in [-0.25, -0.2) is 4.79 Å². The van der Waals surface area contributed by atoms with Crippen LogP contribution in [0.15, 0.2) is 48.5 Å². The highest BCUT2D eigenvalue weighted by Crippen LogP contribution is 2.32. The zero-order valence-electron chi connectivity index (χ0n) is 12.8. The van der Waals surface area contributed by atoms with Gasteiger partial charge in [0.1, 0.15) is 5.75 Å². The summed E-state index contributed by atoms with van der Waals surface area (Å²) in [4.78, 5) is 11.9. The highest BCUT2D eigenvalue weighted by atomic mass is 35.5. The van der Waals surface area contributed by atoms with Crippen LogP contribution in [-0.2, 0) is 9.53 Å². The third kappa shape index (κ3) is 4.50. The minimum atomic E-state index is -0.436. The summed E-state index contributed by atoms with van der Waals surface area (Å²) >= 11 is 12.4. The predicted octanol–water partition coefficient (Wildman–Crippen LogP) is 5.00. The molecule has 0 bridgehead atoms. The fraction of sp³-hybridized carbons (Fsp3) is 0.167. The molecule has 0 aromatic heterocycles. The van der Waals surface area contributed by atoms with Crippen LogP contribution < -0.4 is 4.74 Å². The molecule has 2 aromatic carbocycles. The molecule has 2 aromatic rings. The highest BCUT2D eigenvalue weighted by molar-refractivity contribution is 6.34. The van der Waals surface area contributed by atoms with E-state index in [0.29, 0.717) is 27.8 Å². The van der Waals surface area contributed by atoms with Gasteiger partial charge in [0.2, 0.25) is 0 Å². The molecule has 0 saturated heterocycles. The van der Waals surface area contributed by atoms with Gasteiger partial charge in [0.05, 0.1) is 13.7 Å². The molecule has 0 atom stereocenters. The van der Waals surface area contributed by atoms with Crippen LogP contribution >= 0.6 is 23.2 Å². The molecule has 0 aliphatic carbocycles. The van der Waals surface area contributed by atoms with Crippen molar-refractivity contribution in [3.63, 3.8) is 0 Å². The summed E-state index contributed by atoms with van der Waals surface area (Å²) in [5.74, 6) is 0.288. The van der Waals surface area contributed by atoms with Gasteiger partial charge >= 0.3 is 5.97 Å². The fourth-order valence-electron chi connectivity index (χ4n) is 2.09. The summed E-state index contributed by atoms with van der Waals surface area (Å²) in [6, 6.07) is 12.4. The molecule has 0 heterocycles. The Bertz CT molecular complexity index is 722. The van der Waals surface area contributed by atoms with Crippen molar-refractivity contribution in [2.45, 2.75) is 6.92 Å². The largest absolute Gasteiger partial charge is 0.497 e. The number of hydrogen-bond acceptors (Lipinski definition) is 3. The zero-order valence-corrected chi connectivity index (χ0v) is 14.3. The molecular weight excluding hydrogens is 335 g/mol. The molecule has 0 unspecified atom stereocenters. The van der Waals surface area contributed by atoms with E-state index in [4.69, 9.17) is 32.7 Å². The lowest BCUT2D eigenvalue weighted by Gasteiger charge is -2.12.